The first-order valence-corrected chi connectivity index (χ1v) is 8.35. The highest BCUT2D eigenvalue weighted by atomic mass is 16.6. The Kier molecular flexibility index (Phi) is 6.44. The van der Waals surface area contributed by atoms with Gasteiger partial charge in [-0.25, -0.2) is 9.59 Å². The normalized spacial score (nSPS) is 13.7. The lowest BCUT2D eigenvalue weighted by Crippen LogP contribution is -2.50. The monoisotopic (exact) mass is 319 g/mol. The second-order valence-corrected chi connectivity index (χ2v) is 5.71. The van der Waals surface area contributed by atoms with Gasteiger partial charge in [-0.3, -0.25) is 0 Å². The summed E-state index contributed by atoms with van der Waals surface area (Å²) in [5.41, 5.74) is 0.849. The number of ether oxygens (including phenoxy) is 2. The molecule has 5 heteroatoms. The van der Waals surface area contributed by atoms with E-state index in [0.29, 0.717) is 13.2 Å². The number of para-hydroxylation sites is 1. The van der Waals surface area contributed by atoms with Gasteiger partial charge in [0.25, 0.3) is 0 Å². The molecule has 1 aliphatic rings. The second-order valence-electron chi connectivity index (χ2n) is 5.71. The smallest absolute Gasteiger partial charge is 0.340 e. The van der Waals surface area contributed by atoms with Gasteiger partial charge in [0.1, 0.15) is 0 Å². The van der Waals surface area contributed by atoms with Crippen LogP contribution in [0.2, 0.25) is 0 Å². The van der Waals surface area contributed by atoms with Crippen molar-refractivity contribution in [1.82, 2.24) is 0 Å². The molecule has 0 unspecified atom stereocenters. The number of carbonyl (C=O) groups is 2. The van der Waals surface area contributed by atoms with Gasteiger partial charge < -0.3 is 14.4 Å². The minimum Gasteiger partial charge on any atom is -0.464 e. The first kappa shape index (κ1) is 17.3. The summed E-state index contributed by atoms with van der Waals surface area (Å²) in [6, 6.07) is 8.69. The Morgan fingerprint density at radius 2 is 1.57 bits per heavy atom. The predicted octanol–water partition coefficient (Wildman–Crippen LogP) is 2.93. The first-order chi connectivity index (χ1) is 11.2. The van der Waals surface area contributed by atoms with Crippen LogP contribution in [0.4, 0.5) is 5.69 Å². The predicted molar refractivity (Wildman–Crippen MR) is 88.2 cm³/mol. The Hall–Kier alpha value is -2.04. The van der Waals surface area contributed by atoms with Crippen molar-refractivity contribution in [3.8, 4) is 0 Å². The van der Waals surface area contributed by atoms with E-state index in [4.69, 9.17) is 9.47 Å². The highest BCUT2D eigenvalue weighted by Crippen LogP contribution is 2.34. The number of hydrogen-bond donors (Lipinski definition) is 0. The summed E-state index contributed by atoms with van der Waals surface area (Å²) in [6.07, 6.45) is 3.37. The minimum atomic E-state index is -1.03. The molecule has 0 N–H and O–H groups in total. The number of esters is 2. The molecule has 0 saturated heterocycles. The summed E-state index contributed by atoms with van der Waals surface area (Å²) in [5.74, 6) is -1.05. The molecule has 0 bridgehead atoms. The van der Waals surface area contributed by atoms with E-state index in [-0.39, 0.29) is 6.04 Å². The van der Waals surface area contributed by atoms with E-state index in [1.807, 2.05) is 49.1 Å². The van der Waals surface area contributed by atoms with E-state index >= 15 is 0 Å². The molecule has 0 aliphatic heterocycles. The molecule has 23 heavy (non-hydrogen) atoms. The van der Waals surface area contributed by atoms with Crippen LogP contribution in [0.25, 0.3) is 0 Å². The summed E-state index contributed by atoms with van der Waals surface area (Å²) in [5, 5.41) is 0. The molecule has 0 spiro atoms. The Bertz CT molecular complexity index is 493. The molecule has 1 saturated carbocycles. The van der Waals surface area contributed by atoms with Gasteiger partial charge in [-0.05, 0) is 37.8 Å². The zero-order valence-electron chi connectivity index (χ0n) is 13.9. The lowest BCUT2D eigenvalue weighted by molar-refractivity contribution is -0.157. The largest absolute Gasteiger partial charge is 0.464 e. The van der Waals surface area contributed by atoms with Crippen molar-refractivity contribution in [1.29, 1.82) is 0 Å². The molecule has 0 heterocycles. The maximum absolute atomic E-state index is 12.5. The highest BCUT2D eigenvalue weighted by Gasteiger charge is 2.43. The molecule has 1 aromatic carbocycles. The van der Waals surface area contributed by atoms with E-state index < -0.39 is 18.0 Å². The van der Waals surface area contributed by atoms with Gasteiger partial charge in [-0.2, -0.15) is 0 Å². The number of carbonyl (C=O) groups excluding carboxylic acids is 2. The number of rotatable bonds is 9. The van der Waals surface area contributed by atoms with Crippen LogP contribution >= 0.6 is 0 Å². The Morgan fingerprint density at radius 1 is 1.04 bits per heavy atom. The Balaban J connectivity index is 2.25. The van der Waals surface area contributed by atoms with Gasteiger partial charge in [0.05, 0.1) is 13.2 Å². The van der Waals surface area contributed by atoms with Gasteiger partial charge in [0.2, 0.25) is 6.04 Å². The van der Waals surface area contributed by atoms with Crippen molar-refractivity contribution in [2.45, 2.75) is 51.6 Å². The van der Waals surface area contributed by atoms with Crippen LogP contribution in [0.5, 0.6) is 0 Å². The first-order valence-electron chi connectivity index (χ1n) is 8.35. The van der Waals surface area contributed by atoms with Crippen LogP contribution < -0.4 is 4.90 Å². The van der Waals surface area contributed by atoms with Crippen molar-refractivity contribution in [3.63, 3.8) is 0 Å². The van der Waals surface area contributed by atoms with Crippen molar-refractivity contribution in [2.24, 2.45) is 0 Å². The van der Waals surface area contributed by atoms with Gasteiger partial charge in [0.15, 0.2) is 0 Å². The van der Waals surface area contributed by atoms with Crippen LogP contribution in [-0.2, 0) is 19.1 Å². The van der Waals surface area contributed by atoms with Crippen LogP contribution in [0.3, 0.4) is 0 Å². The SMILES string of the molecule is CCCOC(=O)C(C(=O)OCCC)N(c1ccccc1)C1CC1. The summed E-state index contributed by atoms with van der Waals surface area (Å²) in [4.78, 5) is 26.8. The lowest BCUT2D eigenvalue weighted by atomic mass is 10.2. The lowest BCUT2D eigenvalue weighted by Gasteiger charge is -2.30. The van der Waals surface area contributed by atoms with Gasteiger partial charge in [-0.1, -0.05) is 32.0 Å². The molecule has 1 aliphatic carbocycles. The van der Waals surface area contributed by atoms with Crippen LogP contribution in [0.15, 0.2) is 30.3 Å². The Labute approximate surface area is 137 Å². The number of benzene rings is 1. The molecule has 1 aromatic rings. The fourth-order valence-corrected chi connectivity index (χ4v) is 2.41. The molecular weight excluding hydrogens is 294 g/mol. The fourth-order valence-electron chi connectivity index (χ4n) is 2.41. The molecule has 2 rings (SSSR count). The maximum Gasteiger partial charge on any atom is 0.340 e. The van der Waals surface area contributed by atoms with E-state index in [2.05, 4.69) is 0 Å². The standard InChI is InChI=1S/C18H25NO4/c1-3-12-22-17(20)16(18(21)23-13-4-2)19(15-10-11-15)14-8-6-5-7-9-14/h5-9,15-16H,3-4,10-13H2,1-2H3. The average Bonchev–Trinajstić information content (AvgIpc) is 3.40. The minimum absolute atomic E-state index is 0.186. The van der Waals surface area contributed by atoms with E-state index in [1.165, 1.54) is 0 Å². The fraction of sp³-hybridized carbons (Fsp3) is 0.556. The van der Waals surface area contributed by atoms with Crippen LogP contribution in [0.1, 0.15) is 39.5 Å². The van der Waals surface area contributed by atoms with Crippen LogP contribution in [-0.4, -0.2) is 37.2 Å². The van der Waals surface area contributed by atoms with E-state index in [1.54, 1.807) is 0 Å². The molecule has 0 atom stereocenters. The summed E-state index contributed by atoms with van der Waals surface area (Å²) >= 11 is 0. The summed E-state index contributed by atoms with van der Waals surface area (Å²) < 4.78 is 10.5. The third-order valence-corrected chi connectivity index (χ3v) is 3.62. The Morgan fingerprint density at radius 3 is 2.00 bits per heavy atom. The van der Waals surface area contributed by atoms with Gasteiger partial charge >= 0.3 is 11.9 Å². The third-order valence-electron chi connectivity index (χ3n) is 3.62. The number of nitrogens with zero attached hydrogens (tertiary/aromatic N) is 1. The van der Waals surface area contributed by atoms with Crippen molar-refractivity contribution in [2.75, 3.05) is 18.1 Å². The third kappa shape index (κ3) is 4.71. The molecule has 1 fully saturated rings. The quantitative estimate of drug-likeness (QED) is 0.517. The van der Waals surface area contributed by atoms with E-state index in [9.17, 15) is 9.59 Å². The number of hydrogen-bond acceptors (Lipinski definition) is 5. The molecule has 0 radical (unpaired) electrons. The van der Waals surface area contributed by atoms with Gasteiger partial charge in [-0.15, -0.1) is 0 Å². The number of anilines is 1. The zero-order valence-corrected chi connectivity index (χ0v) is 13.9. The molecule has 0 amide bonds. The topological polar surface area (TPSA) is 55.8 Å². The molecular formula is C18H25NO4. The highest BCUT2D eigenvalue weighted by molar-refractivity contribution is 6.02. The van der Waals surface area contributed by atoms with E-state index in [0.717, 1.165) is 31.4 Å². The molecule has 5 nitrogen and oxygen atoms in total. The van der Waals surface area contributed by atoms with Gasteiger partial charge in [0, 0.05) is 11.7 Å². The average molecular weight is 319 g/mol. The maximum atomic E-state index is 12.5. The molecule has 126 valence electrons. The van der Waals surface area contributed by atoms with Crippen molar-refractivity contribution < 1.29 is 19.1 Å². The zero-order chi connectivity index (χ0) is 16.7. The molecule has 0 aromatic heterocycles. The van der Waals surface area contributed by atoms with Crippen LogP contribution in [0, 0.1) is 0 Å². The van der Waals surface area contributed by atoms with Crippen molar-refractivity contribution in [3.05, 3.63) is 30.3 Å². The summed E-state index contributed by atoms with van der Waals surface area (Å²) in [7, 11) is 0. The summed E-state index contributed by atoms with van der Waals surface area (Å²) in [6.45, 7) is 4.47. The van der Waals surface area contributed by atoms with Crippen molar-refractivity contribution >= 4 is 17.6 Å². The second kappa shape index (κ2) is 8.56.